The molecular formula is C29H35ClN4O5. The summed E-state index contributed by atoms with van der Waals surface area (Å²) in [5.74, 6) is -1.97. The number of likely N-dealkylation sites (tertiary alicyclic amines) is 1. The maximum atomic E-state index is 13.4. The summed E-state index contributed by atoms with van der Waals surface area (Å²) in [7, 11) is 0. The Morgan fingerprint density at radius 1 is 0.949 bits per heavy atom. The van der Waals surface area contributed by atoms with Crippen LogP contribution < -0.4 is 16.0 Å². The number of rotatable bonds is 11. The molecule has 10 heteroatoms. The minimum atomic E-state index is -1.15. The van der Waals surface area contributed by atoms with Crippen LogP contribution in [-0.2, 0) is 32.0 Å². The van der Waals surface area contributed by atoms with Gasteiger partial charge in [0.1, 0.15) is 12.1 Å². The van der Waals surface area contributed by atoms with Crippen molar-refractivity contribution in [3.05, 3.63) is 70.7 Å². The number of carboxylic acid groups (broad SMARTS) is 1. The molecule has 4 unspecified atom stereocenters. The molecule has 4 rings (SSSR count). The number of benzene rings is 2. The number of carboxylic acids is 1. The summed E-state index contributed by atoms with van der Waals surface area (Å²) in [6.45, 7) is 1.33. The zero-order valence-electron chi connectivity index (χ0n) is 21.8. The molecule has 4 atom stereocenters. The van der Waals surface area contributed by atoms with E-state index < -0.39 is 30.0 Å². The maximum absolute atomic E-state index is 13.4. The number of carbonyl (C=O) groups excluding carboxylic acids is 3. The molecule has 4 N–H and O–H groups in total. The summed E-state index contributed by atoms with van der Waals surface area (Å²) in [5.41, 5.74) is 1.66. The summed E-state index contributed by atoms with van der Waals surface area (Å²) in [5, 5.41) is 19.1. The first-order valence-corrected chi connectivity index (χ1v) is 13.8. The molecule has 2 aliphatic rings. The molecule has 3 amide bonds. The molecular weight excluding hydrogens is 520 g/mol. The molecule has 0 bridgehead atoms. The molecule has 0 aliphatic carbocycles. The number of halogens is 1. The summed E-state index contributed by atoms with van der Waals surface area (Å²) in [4.78, 5) is 53.0. The SMILES string of the molecule is O=C(CC(Cc1ccccc1)NC(=O)C1CCCN1C(=O)C1CCCN1)NC(Cc1ccc(Cl)cc1)C(=O)O. The standard InChI is InChI=1S/C29H35ClN4O5/c30-21-12-10-20(11-13-21)17-24(29(38)39)33-26(35)18-22(16-19-6-2-1-3-7-19)32-27(36)25-9-5-15-34(25)28(37)23-8-4-14-31-23/h1-3,6-7,10-13,22-25,31H,4-5,8-9,14-18H2,(H,32,36)(H,33,35)(H,38,39). The van der Waals surface area contributed by atoms with E-state index in [1.54, 1.807) is 29.2 Å². The van der Waals surface area contributed by atoms with Crippen molar-refractivity contribution in [1.29, 1.82) is 0 Å². The first-order chi connectivity index (χ1) is 18.8. The van der Waals surface area contributed by atoms with Crippen LogP contribution in [-0.4, -0.2) is 71.0 Å². The molecule has 0 spiro atoms. The first kappa shape index (κ1) is 28.6. The molecule has 0 radical (unpaired) electrons. The van der Waals surface area contributed by atoms with Gasteiger partial charge in [-0.25, -0.2) is 4.79 Å². The fourth-order valence-corrected chi connectivity index (χ4v) is 5.43. The third-order valence-corrected chi connectivity index (χ3v) is 7.54. The quantitative estimate of drug-likeness (QED) is 0.337. The van der Waals surface area contributed by atoms with Crippen molar-refractivity contribution < 1.29 is 24.3 Å². The van der Waals surface area contributed by atoms with Gasteiger partial charge in [0, 0.05) is 30.5 Å². The number of hydrogen-bond acceptors (Lipinski definition) is 5. The van der Waals surface area contributed by atoms with Gasteiger partial charge in [0.05, 0.1) is 6.04 Å². The van der Waals surface area contributed by atoms with E-state index in [1.807, 2.05) is 30.3 Å². The van der Waals surface area contributed by atoms with Crippen molar-refractivity contribution in [2.24, 2.45) is 0 Å². The Labute approximate surface area is 233 Å². The third-order valence-electron chi connectivity index (χ3n) is 7.29. The van der Waals surface area contributed by atoms with Crippen molar-refractivity contribution in [1.82, 2.24) is 20.9 Å². The highest BCUT2D eigenvalue weighted by Gasteiger charge is 2.38. The van der Waals surface area contributed by atoms with Gasteiger partial charge >= 0.3 is 5.97 Å². The second-order valence-electron chi connectivity index (χ2n) is 10.2. The Kier molecular flexibility index (Phi) is 9.95. The van der Waals surface area contributed by atoms with Crippen LogP contribution in [0.15, 0.2) is 54.6 Å². The molecule has 9 nitrogen and oxygen atoms in total. The predicted molar refractivity (Wildman–Crippen MR) is 147 cm³/mol. The van der Waals surface area contributed by atoms with Gasteiger partial charge in [-0.15, -0.1) is 0 Å². The minimum Gasteiger partial charge on any atom is -0.480 e. The van der Waals surface area contributed by atoms with Crippen molar-refractivity contribution in [2.75, 3.05) is 13.1 Å². The van der Waals surface area contributed by atoms with Gasteiger partial charge in [-0.1, -0.05) is 54.1 Å². The van der Waals surface area contributed by atoms with Gasteiger partial charge in [0.2, 0.25) is 17.7 Å². The van der Waals surface area contributed by atoms with Crippen LogP contribution in [0.2, 0.25) is 5.02 Å². The lowest BCUT2D eigenvalue weighted by atomic mass is 10.0. The summed E-state index contributed by atoms with van der Waals surface area (Å²) >= 11 is 5.92. The van der Waals surface area contributed by atoms with Crippen LogP contribution in [0.1, 0.15) is 43.2 Å². The predicted octanol–water partition coefficient (Wildman–Crippen LogP) is 2.31. The summed E-state index contributed by atoms with van der Waals surface area (Å²) < 4.78 is 0. The van der Waals surface area contributed by atoms with Crippen LogP contribution in [0.5, 0.6) is 0 Å². The number of hydrogen-bond donors (Lipinski definition) is 4. The number of nitrogens with one attached hydrogen (secondary N) is 3. The molecule has 2 saturated heterocycles. The lowest BCUT2D eigenvalue weighted by Crippen LogP contribution is -2.53. The third kappa shape index (κ3) is 8.03. The Morgan fingerprint density at radius 3 is 2.33 bits per heavy atom. The van der Waals surface area contributed by atoms with Gasteiger partial charge in [0.15, 0.2) is 0 Å². The zero-order valence-corrected chi connectivity index (χ0v) is 22.5. The lowest BCUT2D eigenvalue weighted by Gasteiger charge is -2.28. The average Bonchev–Trinajstić information content (AvgIpc) is 3.62. The van der Waals surface area contributed by atoms with E-state index >= 15 is 0 Å². The van der Waals surface area contributed by atoms with Gasteiger partial charge in [-0.05, 0) is 61.9 Å². The topological polar surface area (TPSA) is 128 Å². The molecule has 0 saturated carbocycles. The van der Waals surface area contributed by atoms with Crippen LogP contribution in [0.25, 0.3) is 0 Å². The monoisotopic (exact) mass is 554 g/mol. The Balaban J connectivity index is 1.42. The van der Waals surface area contributed by atoms with Crippen molar-refractivity contribution in [3.8, 4) is 0 Å². The normalized spacial score (nSPS) is 20.3. The van der Waals surface area contributed by atoms with Crippen molar-refractivity contribution in [2.45, 2.75) is 69.1 Å². The van der Waals surface area contributed by atoms with Gasteiger partial charge in [0.25, 0.3) is 0 Å². The highest BCUT2D eigenvalue weighted by Crippen LogP contribution is 2.21. The lowest BCUT2D eigenvalue weighted by molar-refractivity contribution is -0.142. The van der Waals surface area contributed by atoms with Gasteiger partial charge in [-0.3, -0.25) is 14.4 Å². The van der Waals surface area contributed by atoms with E-state index in [4.69, 9.17) is 11.6 Å². The Morgan fingerprint density at radius 2 is 1.67 bits per heavy atom. The molecule has 0 aromatic heterocycles. The first-order valence-electron chi connectivity index (χ1n) is 13.4. The highest BCUT2D eigenvalue weighted by atomic mass is 35.5. The van der Waals surface area contributed by atoms with E-state index in [2.05, 4.69) is 16.0 Å². The summed E-state index contributed by atoms with van der Waals surface area (Å²) in [6, 6.07) is 13.7. The maximum Gasteiger partial charge on any atom is 0.326 e. The molecule has 2 aromatic carbocycles. The van der Waals surface area contributed by atoms with Crippen molar-refractivity contribution in [3.63, 3.8) is 0 Å². The Bertz CT molecular complexity index is 1150. The van der Waals surface area contributed by atoms with E-state index in [0.29, 0.717) is 24.4 Å². The number of nitrogens with zero attached hydrogens (tertiary/aromatic N) is 1. The second kappa shape index (κ2) is 13.6. The minimum absolute atomic E-state index is 0.0472. The van der Waals surface area contributed by atoms with E-state index in [0.717, 1.165) is 36.9 Å². The average molecular weight is 555 g/mol. The number of carbonyl (C=O) groups is 4. The van der Waals surface area contributed by atoms with Gasteiger partial charge in [-0.2, -0.15) is 0 Å². The number of amides is 3. The van der Waals surface area contributed by atoms with Crippen LogP contribution >= 0.6 is 11.6 Å². The van der Waals surface area contributed by atoms with Gasteiger partial charge < -0.3 is 26.0 Å². The number of aliphatic carboxylic acids is 1. The molecule has 208 valence electrons. The Hall–Kier alpha value is -3.43. The van der Waals surface area contributed by atoms with Crippen LogP contribution in [0, 0.1) is 0 Å². The fourth-order valence-electron chi connectivity index (χ4n) is 5.30. The van der Waals surface area contributed by atoms with Crippen LogP contribution in [0.4, 0.5) is 0 Å². The molecule has 2 aliphatic heterocycles. The van der Waals surface area contributed by atoms with Crippen molar-refractivity contribution >= 4 is 35.3 Å². The molecule has 2 fully saturated rings. The highest BCUT2D eigenvalue weighted by molar-refractivity contribution is 6.30. The van der Waals surface area contributed by atoms with E-state index in [-0.39, 0.29) is 30.7 Å². The molecule has 2 heterocycles. The van der Waals surface area contributed by atoms with Crippen LogP contribution in [0.3, 0.4) is 0 Å². The smallest absolute Gasteiger partial charge is 0.326 e. The van der Waals surface area contributed by atoms with E-state index in [1.165, 1.54) is 0 Å². The second-order valence-corrected chi connectivity index (χ2v) is 10.7. The largest absolute Gasteiger partial charge is 0.480 e. The molecule has 2 aromatic rings. The fraction of sp³-hybridized carbons (Fsp3) is 0.448. The summed E-state index contributed by atoms with van der Waals surface area (Å²) in [6.07, 6.45) is 3.39. The van der Waals surface area contributed by atoms with E-state index in [9.17, 15) is 24.3 Å². The molecule has 39 heavy (non-hydrogen) atoms. The zero-order chi connectivity index (χ0) is 27.8.